The topological polar surface area (TPSA) is 50.5 Å². The van der Waals surface area contributed by atoms with Crippen molar-refractivity contribution >= 4 is 11.4 Å². The van der Waals surface area contributed by atoms with E-state index in [4.69, 9.17) is 10.5 Å². The fraction of sp³-hybridized carbons (Fsp3) is 0.625. The quantitative estimate of drug-likeness (QED) is 0.620. The van der Waals surface area contributed by atoms with Crippen LogP contribution in [0.1, 0.15) is 32.6 Å². The molecule has 1 aliphatic rings. The summed E-state index contributed by atoms with van der Waals surface area (Å²) < 4.78 is 5.22. The van der Waals surface area contributed by atoms with Crippen LogP contribution in [-0.2, 0) is 0 Å². The van der Waals surface area contributed by atoms with Gasteiger partial charge in [0.1, 0.15) is 5.75 Å². The van der Waals surface area contributed by atoms with Crippen LogP contribution in [0.5, 0.6) is 5.75 Å². The molecule has 4 nitrogen and oxygen atoms in total. The molecule has 0 saturated carbocycles. The number of methoxy groups -OCH3 is 1. The summed E-state index contributed by atoms with van der Waals surface area (Å²) in [5, 5.41) is 3.43. The minimum absolute atomic E-state index is 0.733. The number of rotatable bonds is 6. The summed E-state index contributed by atoms with van der Waals surface area (Å²) in [6.45, 7) is 5.74. The maximum absolute atomic E-state index is 5.85. The van der Waals surface area contributed by atoms with E-state index >= 15 is 0 Å². The van der Waals surface area contributed by atoms with Crippen LogP contribution in [0.4, 0.5) is 11.4 Å². The first-order valence-electron chi connectivity index (χ1n) is 7.61. The van der Waals surface area contributed by atoms with Gasteiger partial charge in [-0.15, -0.1) is 0 Å². The lowest BCUT2D eigenvalue weighted by atomic mass is 10.0. The summed E-state index contributed by atoms with van der Waals surface area (Å²) in [7, 11) is 1.66. The summed E-state index contributed by atoms with van der Waals surface area (Å²) in [6, 6.07) is 6.52. The predicted molar refractivity (Wildman–Crippen MR) is 85.4 cm³/mol. The molecule has 112 valence electrons. The second kappa shape index (κ2) is 7.39. The van der Waals surface area contributed by atoms with Gasteiger partial charge in [-0.3, -0.25) is 0 Å². The van der Waals surface area contributed by atoms with Crippen molar-refractivity contribution in [2.75, 3.05) is 37.8 Å². The number of hydrogen-bond acceptors (Lipinski definition) is 4. The molecule has 3 N–H and O–H groups in total. The standard InChI is InChI=1S/C16H27N3O/c1-13-6-3-4-8-19(13)9-5-7-18-15-10-14(17)11-16(12-15)20-2/h10-13,18H,3-9,17H2,1-2H3. The largest absolute Gasteiger partial charge is 0.497 e. The molecule has 1 heterocycles. The summed E-state index contributed by atoms with van der Waals surface area (Å²) in [5.41, 5.74) is 7.61. The van der Waals surface area contributed by atoms with Crippen LogP contribution in [0, 0.1) is 0 Å². The number of piperidine rings is 1. The minimum atomic E-state index is 0.733. The van der Waals surface area contributed by atoms with Gasteiger partial charge in [-0.05, 0) is 38.8 Å². The molecule has 0 spiro atoms. The molecule has 20 heavy (non-hydrogen) atoms. The van der Waals surface area contributed by atoms with E-state index in [1.165, 1.54) is 32.4 Å². The second-order valence-electron chi connectivity index (χ2n) is 5.66. The summed E-state index contributed by atoms with van der Waals surface area (Å²) in [5.74, 6) is 0.803. The van der Waals surface area contributed by atoms with E-state index in [2.05, 4.69) is 17.1 Å². The van der Waals surface area contributed by atoms with Crippen LogP contribution in [0.3, 0.4) is 0 Å². The number of likely N-dealkylation sites (tertiary alicyclic amines) is 1. The van der Waals surface area contributed by atoms with Gasteiger partial charge in [0, 0.05) is 42.6 Å². The third-order valence-electron chi connectivity index (χ3n) is 4.06. The third-order valence-corrected chi connectivity index (χ3v) is 4.06. The van der Waals surface area contributed by atoms with Gasteiger partial charge in [-0.2, -0.15) is 0 Å². The third kappa shape index (κ3) is 4.30. The molecule has 4 heteroatoms. The van der Waals surface area contributed by atoms with E-state index in [0.717, 1.165) is 36.1 Å². The lowest BCUT2D eigenvalue weighted by Gasteiger charge is -2.33. The van der Waals surface area contributed by atoms with E-state index in [1.54, 1.807) is 7.11 Å². The highest BCUT2D eigenvalue weighted by Crippen LogP contribution is 2.22. The Kier molecular flexibility index (Phi) is 5.53. The molecule has 1 fully saturated rings. The Bertz CT molecular complexity index is 422. The molecule has 2 rings (SSSR count). The van der Waals surface area contributed by atoms with Crippen LogP contribution >= 0.6 is 0 Å². The first-order chi connectivity index (χ1) is 9.69. The number of nitrogens with zero attached hydrogens (tertiary/aromatic N) is 1. The van der Waals surface area contributed by atoms with Crippen molar-refractivity contribution in [1.29, 1.82) is 0 Å². The molecular weight excluding hydrogens is 250 g/mol. The normalized spacial score (nSPS) is 19.8. The number of nitrogens with two attached hydrogens (primary N) is 1. The number of anilines is 2. The first kappa shape index (κ1) is 15.0. The number of nitrogen functional groups attached to an aromatic ring is 1. The molecule has 0 aliphatic carbocycles. The maximum Gasteiger partial charge on any atom is 0.122 e. The molecule has 1 saturated heterocycles. The van der Waals surface area contributed by atoms with Gasteiger partial charge >= 0.3 is 0 Å². The minimum Gasteiger partial charge on any atom is -0.497 e. The first-order valence-corrected chi connectivity index (χ1v) is 7.61. The molecule has 1 atom stereocenters. The molecule has 0 radical (unpaired) electrons. The van der Waals surface area contributed by atoms with E-state index in [0.29, 0.717) is 0 Å². The highest BCUT2D eigenvalue weighted by atomic mass is 16.5. The van der Waals surface area contributed by atoms with Crippen molar-refractivity contribution in [3.8, 4) is 5.75 Å². The molecule has 1 aromatic rings. The zero-order chi connectivity index (χ0) is 14.4. The molecular formula is C16H27N3O. The van der Waals surface area contributed by atoms with Crippen molar-refractivity contribution in [3.05, 3.63) is 18.2 Å². The molecule has 1 aliphatic heterocycles. The summed E-state index contributed by atoms with van der Waals surface area (Å²) >= 11 is 0. The maximum atomic E-state index is 5.85. The Balaban J connectivity index is 1.74. The fourth-order valence-electron chi connectivity index (χ4n) is 2.85. The van der Waals surface area contributed by atoms with Crippen LogP contribution in [0.2, 0.25) is 0 Å². The van der Waals surface area contributed by atoms with Gasteiger partial charge in [-0.25, -0.2) is 0 Å². The van der Waals surface area contributed by atoms with Gasteiger partial charge in [-0.1, -0.05) is 6.42 Å². The molecule has 0 amide bonds. The smallest absolute Gasteiger partial charge is 0.122 e. The lowest BCUT2D eigenvalue weighted by molar-refractivity contribution is 0.160. The zero-order valence-corrected chi connectivity index (χ0v) is 12.7. The van der Waals surface area contributed by atoms with Crippen molar-refractivity contribution in [1.82, 2.24) is 4.90 Å². The SMILES string of the molecule is COc1cc(N)cc(NCCCN2CCCCC2C)c1. The second-order valence-corrected chi connectivity index (χ2v) is 5.66. The highest BCUT2D eigenvalue weighted by Gasteiger charge is 2.16. The van der Waals surface area contributed by atoms with Crippen LogP contribution < -0.4 is 15.8 Å². The summed E-state index contributed by atoms with van der Waals surface area (Å²) in [4.78, 5) is 2.60. The fourth-order valence-corrected chi connectivity index (χ4v) is 2.85. The van der Waals surface area contributed by atoms with Gasteiger partial charge in [0.15, 0.2) is 0 Å². The van der Waals surface area contributed by atoms with Crippen molar-refractivity contribution in [2.45, 2.75) is 38.6 Å². The number of ether oxygens (including phenoxy) is 1. The van der Waals surface area contributed by atoms with E-state index in [9.17, 15) is 0 Å². The highest BCUT2D eigenvalue weighted by molar-refractivity contribution is 5.59. The predicted octanol–water partition coefficient (Wildman–Crippen LogP) is 2.95. The Morgan fingerprint density at radius 3 is 2.95 bits per heavy atom. The van der Waals surface area contributed by atoms with Gasteiger partial charge in [0.2, 0.25) is 0 Å². The van der Waals surface area contributed by atoms with Gasteiger partial charge < -0.3 is 20.7 Å². The monoisotopic (exact) mass is 277 g/mol. The van der Waals surface area contributed by atoms with E-state index < -0.39 is 0 Å². The van der Waals surface area contributed by atoms with Crippen LogP contribution in [0.15, 0.2) is 18.2 Å². The Hall–Kier alpha value is -1.42. The van der Waals surface area contributed by atoms with Gasteiger partial charge in [0.05, 0.1) is 7.11 Å². The molecule has 1 unspecified atom stereocenters. The Morgan fingerprint density at radius 2 is 2.20 bits per heavy atom. The molecule has 0 bridgehead atoms. The average Bonchev–Trinajstić information content (AvgIpc) is 2.44. The van der Waals surface area contributed by atoms with Gasteiger partial charge in [0.25, 0.3) is 0 Å². The Morgan fingerprint density at radius 1 is 1.35 bits per heavy atom. The van der Waals surface area contributed by atoms with Crippen molar-refractivity contribution in [2.24, 2.45) is 0 Å². The lowest BCUT2D eigenvalue weighted by Crippen LogP contribution is -2.38. The van der Waals surface area contributed by atoms with Crippen LogP contribution in [-0.4, -0.2) is 37.7 Å². The van der Waals surface area contributed by atoms with E-state index in [-0.39, 0.29) is 0 Å². The molecule has 0 aromatic heterocycles. The Labute approximate surface area is 122 Å². The van der Waals surface area contributed by atoms with Crippen molar-refractivity contribution in [3.63, 3.8) is 0 Å². The number of benzene rings is 1. The summed E-state index contributed by atoms with van der Waals surface area (Å²) in [6.07, 6.45) is 5.24. The van der Waals surface area contributed by atoms with E-state index in [1.807, 2.05) is 18.2 Å². The molecule has 1 aromatic carbocycles. The zero-order valence-electron chi connectivity index (χ0n) is 12.7. The van der Waals surface area contributed by atoms with Crippen LogP contribution in [0.25, 0.3) is 0 Å². The average molecular weight is 277 g/mol. The number of nitrogens with one attached hydrogen (secondary N) is 1. The number of hydrogen-bond donors (Lipinski definition) is 2. The van der Waals surface area contributed by atoms with Crippen molar-refractivity contribution < 1.29 is 4.74 Å².